The monoisotopic (exact) mass is 390 g/mol. The van der Waals surface area contributed by atoms with E-state index < -0.39 is 36.0 Å². The zero-order valence-electron chi connectivity index (χ0n) is 14.5. The van der Waals surface area contributed by atoms with Gasteiger partial charge in [0.1, 0.15) is 11.6 Å². The van der Waals surface area contributed by atoms with Gasteiger partial charge in [0.15, 0.2) is 12.4 Å². The molecular formula is C19H16F2N2O5. The van der Waals surface area contributed by atoms with Crippen molar-refractivity contribution >= 4 is 23.6 Å². The van der Waals surface area contributed by atoms with E-state index >= 15 is 0 Å². The zero-order chi connectivity index (χ0) is 20.5. The number of hydrogen-bond acceptors (Lipinski definition) is 5. The number of carbonyl (C=O) groups is 4. The van der Waals surface area contributed by atoms with Gasteiger partial charge in [-0.05, 0) is 36.4 Å². The summed E-state index contributed by atoms with van der Waals surface area (Å²) in [5.41, 5.74) is 3.95. The number of nitrogens with one attached hydrogen (secondary N) is 2. The van der Waals surface area contributed by atoms with Crippen molar-refractivity contribution in [3.05, 3.63) is 71.3 Å². The van der Waals surface area contributed by atoms with Crippen molar-refractivity contribution in [2.45, 2.75) is 12.8 Å². The lowest BCUT2D eigenvalue weighted by Gasteiger charge is -2.08. The van der Waals surface area contributed by atoms with Crippen LogP contribution >= 0.6 is 0 Å². The Morgan fingerprint density at radius 3 is 2.21 bits per heavy atom. The summed E-state index contributed by atoms with van der Waals surface area (Å²) in [5.74, 6) is -4.13. The number of amides is 2. The molecule has 0 fully saturated rings. The molecule has 2 aromatic carbocycles. The van der Waals surface area contributed by atoms with E-state index in [2.05, 4.69) is 4.74 Å². The number of ether oxygens (including phenoxy) is 1. The van der Waals surface area contributed by atoms with Crippen molar-refractivity contribution in [2.24, 2.45) is 0 Å². The maximum atomic E-state index is 13.4. The largest absolute Gasteiger partial charge is 0.455 e. The van der Waals surface area contributed by atoms with Crippen LogP contribution in [-0.2, 0) is 14.3 Å². The van der Waals surface area contributed by atoms with E-state index in [-0.39, 0.29) is 29.8 Å². The van der Waals surface area contributed by atoms with Crippen molar-refractivity contribution in [3.8, 4) is 0 Å². The van der Waals surface area contributed by atoms with Gasteiger partial charge in [-0.15, -0.1) is 0 Å². The molecule has 0 spiro atoms. The maximum Gasteiger partial charge on any atom is 0.306 e. The molecule has 0 saturated heterocycles. The fraction of sp³-hybridized carbons (Fsp3) is 0.158. The van der Waals surface area contributed by atoms with Gasteiger partial charge < -0.3 is 4.74 Å². The van der Waals surface area contributed by atoms with Crippen molar-refractivity contribution in [2.75, 3.05) is 6.61 Å². The molecule has 2 amide bonds. The average Bonchev–Trinajstić information content (AvgIpc) is 2.69. The van der Waals surface area contributed by atoms with Gasteiger partial charge in [-0.25, -0.2) is 8.78 Å². The molecule has 0 radical (unpaired) electrons. The minimum absolute atomic E-state index is 0.171. The Hall–Kier alpha value is -3.62. The second-order valence-electron chi connectivity index (χ2n) is 5.57. The third kappa shape index (κ3) is 6.27. The molecular weight excluding hydrogens is 374 g/mol. The summed E-state index contributed by atoms with van der Waals surface area (Å²) in [6, 6.07) is 10.0. The quantitative estimate of drug-likeness (QED) is 0.427. The molecule has 0 heterocycles. The van der Waals surface area contributed by atoms with Crippen LogP contribution < -0.4 is 10.9 Å². The normalized spacial score (nSPS) is 10.1. The summed E-state index contributed by atoms with van der Waals surface area (Å²) in [7, 11) is 0. The summed E-state index contributed by atoms with van der Waals surface area (Å²) in [5, 5.41) is 0. The van der Waals surface area contributed by atoms with Crippen LogP contribution in [0.3, 0.4) is 0 Å². The van der Waals surface area contributed by atoms with Crippen LogP contribution in [0, 0.1) is 11.6 Å². The molecule has 2 N–H and O–H groups in total. The first-order valence-corrected chi connectivity index (χ1v) is 8.15. The van der Waals surface area contributed by atoms with Gasteiger partial charge >= 0.3 is 5.97 Å². The van der Waals surface area contributed by atoms with Crippen molar-refractivity contribution in [3.63, 3.8) is 0 Å². The van der Waals surface area contributed by atoms with Gasteiger partial charge in [0.25, 0.3) is 11.8 Å². The van der Waals surface area contributed by atoms with Crippen LogP contribution in [0.1, 0.15) is 33.6 Å². The number of esters is 1. The van der Waals surface area contributed by atoms with Gasteiger partial charge in [0, 0.05) is 12.0 Å². The van der Waals surface area contributed by atoms with E-state index in [0.717, 1.165) is 18.2 Å². The average molecular weight is 390 g/mol. The highest BCUT2D eigenvalue weighted by Crippen LogP contribution is 2.08. The van der Waals surface area contributed by atoms with Gasteiger partial charge in [-0.2, -0.15) is 0 Å². The third-order valence-electron chi connectivity index (χ3n) is 3.52. The molecule has 0 unspecified atom stereocenters. The van der Waals surface area contributed by atoms with E-state index in [1.54, 1.807) is 0 Å². The summed E-state index contributed by atoms with van der Waals surface area (Å²) >= 11 is 0. The van der Waals surface area contributed by atoms with Crippen molar-refractivity contribution in [1.82, 2.24) is 10.9 Å². The van der Waals surface area contributed by atoms with E-state index in [1.807, 2.05) is 10.9 Å². The van der Waals surface area contributed by atoms with Crippen molar-refractivity contribution < 1.29 is 32.7 Å². The van der Waals surface area contributed by atoms with E-state index in [0.29, 0.717) is 0 Å². The minimum Gasteiger partial charge on any atom is -0.455 e. The third-order valence-corrected chi connectivity index (χ3v) is 3.52. The summed E-state index contributed by atoms with van der Waals surface area (Å²) in [6.07, 6.45) is -0.443. The minimum atomic E-state index is -0.873. The lowest BCUT2D eigenvalue weighted by atomic mass is 10.1. The molecule has 7 nitrogen and oxygen atoms in total. The number of halogens is 2. The molecule has 0 aliphatic heterocycles. The number of ketones is 1. The van der Waals surface area contributed by atoms with Crippen LogP contribution in [0.5, 0.6) is 0 Å². The maximum absolute atomic E-state index is 13.4. The molecule has 2 rings (SSSR count). The molecule has 2 aromatic rings. The van der Waals surface area contributed by atoms with Crippen LogP contribution in [-0.4, -0.2) is 30.2 Å². The summed E-state index contributed by atoms with van der Waals surface area (Å²) in [4.78, 5) is 46.7. The Kier molecular flexibility index (Phi) is 7.32. The second kappa shape index (κ2) is 9.91. The van der Waals surface area contributed by atoms with E-state index in [1.165, 1.54) is 30.3 Å². The predicted octanol–water partition coefficient (Wildman–Crippen LogP) is 1.93. The Balaban J connectivity index is 1.68. The number of rotatable bonds is 7. The van der Waals surface area contributed by atoms with Gasteiger partial charge in [0.05, 0.1) is 12.0 Å². The second-order valence-corrected chi connectivity index (χ2v) is 5.57. The van der Waals surface area contributed by atoms with Crippen LogP contribution in [0.25, 0.3) is 0 Å². The Labute approximate surface area is 158 Å². The Morgan fingerprint density at radius 2 is 1.54 bits per heavy atom. The first-order chi connectivity index (χ1) is 13.4. The Bertz CT molecular complexity index is 884. The van der Waals surface area contributed by atoms with Crippen LogP contribution in [0.4, 0.5) is 8.78 Å². The molecule has 0 saturated carbocycles. The smallest absolute Gasteiger partial charge is 0.306 e. The molecule has 0 bridgehead atoms. The number of hydrazine groups is 1. The molecule has 28 heavy (non-hydrogen) atoms. The number of Topliss-reactive ketones (excluding diaryl/α,β-unsaturated/α-hetero) is 1. The van der Waals surface area contributed by atoms with E-state index in [9.17, 15) is 28.0 Å². The molecule has 146 valence electrons. The van der Waals surface area contributed by atoms with Gasteiger partial charge in [-0.1, -0.05) is 12.1 Å². The highest BCUT2D eigenvalue weighted by molar-refractivity contribution is 5.98. The van der Waals surface area contributed by atoms with Crippen LogP contribution in [0.2, 0.25) is 0 Å². The van der Waals surface area contributed by atoms with Gasteiger partial charge in [-0.3, -0.25) is 30.0 Å². The van der Waals surface area contributed by atoms with Gasteiger partial charge in [0.2, 0.25) is 0 Å². The SMILES string of the molecule is O=C(COC(=O)CCC(=O)c1ccc(F)cc1)NNC(=O)c1ccccc1F. The molecule has 9 heteroatoms. The lowest BCUT2D eigenvalue weighted by Crippen LogP contribution is -2.43. The number of hydrogen-bond donors (Lipinski definition) is 2. The Morgan fingerprint density at radius 1 is 0.857 bits per heavy atom. The number of carbonyl (C=O) groups excluding carboxylic acids is 4. The first kappa shape index (κ1) is 20.7. The highest BCUT2D eigenvalue weighted by atomic mass is 19.1. The molecule has 0 atom stereocenters. The fourth-order valence-electron chi connectivity index (χ4n) is 2.09. The molecule has 0 aromatic heterocycles. The predicted molar refractivity (Wildman–Crippen MR) is 92.9 cm³/mol. The first-order valence-electron chi connectivity index (χ1n) is 8.15. The molecule has 0 aliphatic carbocycles. The zero-order valence-corrected chi connectivity index (χ0v) is 14.5. The van der Waals surface area contributed by atoms with Crippen LogP contribution in [0.15, 0.2) is 48.5 Å². The highest BCUT2D eigenvalue weighted by Gasteiger charge is 2.14. The summed E-state index contributed by atoms with van der Waals surface area (Å²) < 4.78 is 30.9. The topological polar surface area (TPSA) is 102 Å². The van der Waals surface area contributed by atoms with E-state index in [4.69, 9.17) is 0 Å². The summed E-state index contributed by atoms with van der Waals surface area (Å²) in [6.45, 7) is -0.693. The standard InChI is InChI=1S/C19H16F2N2O5/c20-13-7-5-12(6-8-13)16(24)9-10-18(26)28-11-17(25)22-23-19(27)14-3-1-2-4-15(14)21/h1-8H,9-11H2,(H,22,25)(H,23,27). The van der Waals surface area contributed by atoms with Crippen molar-refractivity contribution in [1.29, 1.82) is 0 Å². The number of benzene rings is 2. The lowest BCUT2D eigenvalue weighted by molar-refractivity contribution is -0.148. The fourth-order valence-corrected chi connectivity index (χ4v) is 2.09. The molecule has 0 aliphatic rings.